The molecule has 0 aliphatic carbocycles. The second kappa shape index (κ2) is 5.53. The lowest BCUT2D eigenvalue weighted by Crippen LogP contribution is -2.01. The molecule has 0 bridgehead atoms. The maximum atomic E-state index is 5.77. The fourth-order valence-corrected chi connectivity index (χ4v) is 1.81. The van der Waals surface area contributed by atoms with E-state index in [0.29, 0.717) is 23.3 Å². The van der Waals surface area contributed by atoms with Crippen molar-refractivity contribution in [1.82, 2.24) is 20.2 Å². The smallest absolute Gasteiger partial charge is 0.238 e. The van der Waals surface area contributed by atoms with E-state index in [4.69, 9.17) is 10.5 Å². The monoisotopic (exact) mass is 251 g/mol. The van der Waals surface area contributed by atoms with Crippen molar-refractivity contribution in [3.8, 4) is 5.88 Å². The zero-order chi connectivity index (χ0) is 12.1. The molecular weight excluding hydrogens is 238 g/mol. The zero-order valence-corrected chi connectivity index (χ0v) is 10.2. The Morgan fingerprint density at radius 2 is 2.35 bits per heavy atom. The van der Waals surface area contributed by atoms with Gasteiger partial charge in [-0.1, -0.05) is 6.92 Å². The summed E-state index contributed by atoms with van der Waals surface area (Å²) in [5.41, 5.74) is 6.31. The molecule has 0 saturated heterocycles. The summed E-state index contributed by atoms with van der Waals surface area (Å²) < 4.78 is 5.45. The molecule has 0 aromatic carbocycles. The minimum Gasteiger partial charge on any atom is -0.476 e. The van der Waals surface area contributed by atoms with E-state index in [1.807, 2.05) is 13.0 Å². The second-order valence-electron chi connectivity index (χ2n) is 3.29. The summed E-state index contributed by atoms with van der Waals surface area (Å²) in [6, 6.07) is 3.60. The molecule has 3 N–H and O–H groups in total. The van der Waals surface area contributed by atoms with Crippen molar-refractivity contribution in [2.75, 3.05) is 12.3 Å². The molecule has 0 unspecified atom stereocenters. The number of rotatable bonds is 5. The van der Waals surface area contributed by atoms with Gasteiger partial charge in [-0.15, -0.1) is 0 Å². The topological polar surface area (TPSA) is 89.7 Å². The van der Waals surface area contributed by atoms with Crippen molar-refractivity contribution in [2.45, 2.75) is 23.5 Å². The highest BCUT2D eigenvalue weighted by atomic mass is 32.2. The van der Waals surface area contributed by atoms with Crippen LogP contribution in [-0.4, -0.2) is 26.8 Å². The Bertz CT molecular complexity index is 474. The number of ether oxygens (including phenoxy) is 1. The van der Waals surface area contributed by atoms with E-state index in [1.165, 1.54) is 18.1 Å². The fourth-order valence-electron chi connectivity index (χ4n) is 1.15. The molecule has 0 fully saturated rings. The maximum absolute atomic E-state index is 5.77. The third-order valence-corrected chi connectivity index (χ3v) is 2.73. The van der Waals surface area contributed by atoms with Crippen LogP contribution in [-0.2, 0) is 0 Å². The number of pyridine rings is 1. The molecule has 0 aliphatic rings. The van der Waals surface area contributed by atoms with Crippen molar-refractivity contribution >= 4 is 17.4 Å². The summed E-state index contributed by atoms with van der Waals surface area (Å²) in [4.78, 5) is 8.32. The molecule has 7 heteroatoms. The van der Waals surface area contributed by atoms with Crippen molar-refractivity contribution in [2.24, 2.45) is 0 Å². The molecule has 0 spiro atoms. The van der Waals surface area contributed by atoms with Gasteiger partial charge in [-0.05, 0) is 30.3 Å². The molecule has 17 heavy (non-hydrogen) atoms. The van der Waals surface area contributed by atoms with Crippen LogP contribution in [0.4, 0.5) is 5.69 Å². The van der Waals surface area contributed by atoms with Gasteiger partial charge in [0.1, 0.15) is 11.4 Å². The summed E-state index contributed by atoms with van der Waals surface area (Å²) in [6.45, 7) is 2.64. The molecule has 2 aromatic heterocycles. The molecule has 0 amide bonds. The zero-order valence-electron chi connectivity index (χ0n) is 9.38. The van der Waals surface area contributed by atoms with Crippen molar-refractivity contribution < 1.29 is 4.74 Å². The molecule has 2 heterocycles. The lowest BCUT2D eigenvalue weighted by molar-refractivity contribution is 0.305. The Morgan fingerprint density at radius 3 is 3.06 bits per heavy atom. The van der Waals surface area contributed by atoms with Crippen LogP contribution < -0.4 is 10.5 Å². The van der Waals surface area contributed by atoms with Crippen LogP contribution in [0.2, 0.25) is 0 Å². The van der Waals surface area contributed by atoms with Crippen LogP contribution in [0.1, 0.15) is 13.3 Å². The first-order chi connectivity index (χ1) is 8.29. The molecule has 0 atom stereocenters. The Balaban J connectivity index is 2.13. The molecule has 0 aliphatic heterocycles. The molecular formula is C10H13N5OS. The van der Waals surface area contributed by atoms with E-state index in [1.54, 1.807) is 6.07 Å². The molecule has 2 aromatic rings. The number of nitrogen functional groups attached to an aromatic ring is 1. The number of hydrogen-bond donors (Lipinski definition) is 2. The minimum atomic E-state index is 0.469. The Hall–Kier alpha value is -1.76. The summed E-state index contributed by atoms with van der Waals surface area (Å²) >= 11 is 1.37. The third kappa shape index (κ3) is 3.10. The van der Waals surface area contributed by atoms with Gasteiger partial charge in [-0.25, -0.2) is 9.97 Å². The largest absolute Gasteiger partial charge is 0.476 e. The van der Waals surface area contributed by atoms with Crippen molar-refractivity contribution in [3.05, 3.63) is 18.5 Å². The number of hydrogen-bond acceptors (Lipinski definition) is 6. The van der Waals surface area contributed by atoms with Gasteiger partial charge in [-0.3, -0.25) is 5.10 Å². The van der Waals surface area contributed by atoms with E-state index in [9.17, 15) is 0 Å². The quantitative estimate of drug-likeness (QED) is 0.841. The summed E-state index contributed by atoms with van der Waals surface area (Å²) in [5.74, 6) is 0.469. The molecule has 0 saturated carbocycles. The van der Waals surface area contributed by atoms with Crippen LogP contribution in [0, 0.1) is 0 Å². The number of aromatic amines is 1. The van der Waals surface area contributed by atoms with Gasteiger partial charge in [0.25, 0.3) is 0 Å². The molecule has 0 radical (unpaired) electrons. The molecule has 90 valence electrons. The summed E-state index contributed by atoms with van der Waals surface area (Å²) in [5, 5.41) is 7.97. The maximum Gasteiger partial charge on any atom is 0.238 e. The highest BCUT2D eigenvalue weighted by Crippen LogP contribution is 2.27. The SMILES string of the molecule is CCCOc1nc(Sc2ncn[nH]2)ccc1N. The number of aromatic nitrogens is 4. The number of H-pyrrole nitrogens is 1. The average Bonchev–Trinajstić information content (AvgIpc) is 2.82. The number of nitrogens with one attached hydrogen (secondary N) is 1. The lowest BCUT2D eigenvalue weighted by atomic mass is 10.4. The van der Waals surface area contributed by atoms with E-state index in [0.717, 1.165) is 11.4 Å². The van der Waals surface area contributed by atoms with Gasteiger partial charge in [0.15, 0.2) is 5.16 Å². The first-order valence-corrected chi connectivity index (χ1v) is 6.03. The predicted octanol–water partition coefficient (Wildman–Crippen LogP) is 1.72. The second-order valence-corrected chi connectivity index (χ2v) is 4.29. The van der Waals surface area contributed by atoms with Gasteiger partial charge >= 0.3 is 0 Å². The Kier molecular flexibility index (Phi) is 3.81. The van der Waals surface area contributed by atoms with Crippen LogP contribution in [0.3, 0.4) is 0 Å². The Labute approximate surface area is 103 Å². The summed E-state index contributed by atoms with van der Waals surface area (Å²) in [7, 11) is 0. The lowest BCUT2D eigenvalue weighted by Gasteiger charge is -2.07. The third-order valence-electron chi connectivity index (χ3n) is 1.90. The summed E-state index contributed by atoms with van der Waals surface area (Å²) in [6.07, 6.45) is 2.37. The average molecular weight is 251 g/mol. The van der Waals surface area contributed by atoms with E-state index >= 15 is 0 Å². The van der Waals surface area contributed by atoms with Gasteiger partial charge in [0.2, 0.25) is 5.88 Å². The number of anilines is 1. The van der Waals surface area contributed by atoms with E-state index < -0.39 is 0 Å². The van der Waals surface area contributed by atoms with Gasteiger partial charge in [0, 0.05) is 0 Å². The van der Waals surface area contributed by atoms with Gasteiger partial charge in [0.05, 0.1) is 12.3 Å². The fraction of sp³-hybridized carbons (Fsp3) is 0.300. The first kappa shape index (κ1) is 11.7. The van der Waals surface area contributed by atoms with Crippen LogP contribution in [0.5, 0.6) is 5.88 Å². The minimum absolute atomic E-state index is 0.469. The predicted molar refractivity (Wildman–Crippen MR) is 64.9 cm³/mol. The van der Waals surface area contributed by atoms with Crippen molar-refractivity contribution in [1.29, 1.82) is 0 Å². The molecule has 2 rings (SSSR count). The highest BCUT2D eigenvalue weighted by molar-refractivity contribution is 7.99. The number of nitrogens with zero attached hydrogens (tertiary/aromatic N) is 3. The highest BCUT2D eigenvalue weighted by Gasteiger charge is 2.06. The van der Waals surface area contributed by atoms with Crippen LogP contribution in [0.15, 0.2) is 28.6 Å². The van der Waals surface area contributed by atoms with Crippen molar-refractivity contribution in [3.63, 3.8) is 0 Å². The van der Waals surface area contributed by atoms with Crippen LogP contribution in [0.25, 0.3) is 0 Å². The molecule has 6 nitrogen and oxygen atoms in total. The van der Waals surface area contributed by atoms with E-state index in [2.05, 4.69) is 20.2 Å². The normalized spacial score (nSPS) is 10.4. The standard InChI is InChI=1S/C10H13N5OS/c1-2-5-16-9-7(11)3-4-8(14-9)17-10-12-6-13-15-10/h3-4,6H,2,5,11H2,1H3,(H,12,13,15). The van der Waals surface area contributed by atoms with Crippen LogP contribution >= 0.6 is 11.8 Å². The Morgan fingerprint density at radius 1 is 1.47 bits per heavy atom. The van der Waals surface area contributed by atoms with Gasteiger partial charge < -0.3 is 10.5 Å². The van der Waals surface area contributed by atoms with Gasteiger partial charge in [-0.2, -0.15) is 5.10 Å². The first-order valence-electron chi connectivity index (χ1n) is 5.22. The van der Waals surface area contributed by atoms with E-state index in [-0.39, 0.29) is 0 Å². The number of nitrogens with two attached hydrogens (primary N) is 1.